The molecule has 29 heavy (non-hydrogen) atoms. The van der Waals surface area contributed by atoms with Gasteiger partial charge in [0.2, 0.25) is 0 Å². The first-order valence-corrected chi connectivity index (χ1v) is 9.12. The van der Waals surface area contributed by atoms with Gasteiger partial charge in [-0.2, -0.15) is 0 Å². The molecular weight excluding hydrogens is 380 g/mol. The standard InChI is InChI=1S/C20H18N2O7/c23-19(21-6-5-13-3-1-2-4-14(13)11-21)12-29-20(24)15-9-17-18(28-8-7-27-17)10-16(15)22(25)26/h1-4,9-10H,5-8,11-12H2. The number of hydrogen-bond donors (Lipinski definition) is 0. The van der Waals surface area contributed by atoms with Gasteiger partial charge in [-0.1, -0.05) is 24.3 Å². The van der Waals surface area contributed by atoms with Crippen LogP contribution in [0.4, 0.5) is 5.69 Å². The average Bonchev–Trinajstić information content (AvgIpc) is 2.75. The number of ether oxygens (including phenoxy) is 3. The van der Waals surface area contributed by atoms with E-state index in [2.05, 4.69) is 0 Å². The summed E-state index contributed by atoms with van der Waals surface area (Å²) in [6.45, 7) is 1.01. The molecule has 0 aromatic heterocycles. The third kappa shape index (κ3) is 3.84. The molecule has 1 amide bonds. The van der Waals surface area contributed by atoms with Gasteiger partial charge < -0.3 is 19.1 Å². The predicted octanol–water partition coefficient (Wildman–Crippen LogP) is 2.11. The van der Waals surface area contributed by atoms with Crippen LogP contribution in [-0.2, 0) is 22.5 Å². The number of hydrogen-bond acceptors (Lipinski definition) is 7. The van der Waals surface area contributed by atoms with Crippen LogP contribution in [0, 0.1) is 10.1 Å². The van der Waals surface area contributed by atoms with E-state index in [0.29, 0.717) is 13.1 Å². The van der Waals surface area contributed by atoms with Crippen molar-refractivity contribution >= 4 is 17.6 Å². The first kappa shape index (κ1) is 18.7. The van der Waals surface area contributed by atoms with Gasteiger partial charge in [-0.15, -0.1) is 0 Å². The minimum absolute atomic E-state index is 0.197. The maximum absolute atomic E-state index is 12.5. The number of benzene rings is 2. The van der Waals surface area contributed by atoms with Crippen LogP contribution in [0.25, 0.3) is 0 Å². The fraction of sp³-hybridized carbons (Fsp3) is 0.300. The number of rotatable bonds is 4. The Kier molecular flexibility index (Phi) is 5.03. The van der Waals surface area contributed by atoms with Crippen molar-refractivity contribution in [2.24, 2.45) is 0 Å². The molecule has 2 aromatic carbocycles. The number of fused-ring (bicyclic) bond motifs is 2. The summed E-state index contributed by atoms with van der Waals surface area (Å²) in [6, 6.07) is 10.2. The van der Waals surface area contributed by atoms with Gasteiger partial charge in [0.25, 0.3) is 11.6 Å². The Bertz CT molecular complexity index is 989. The van der Waals surface area contributed by atoms with Crippen molar-refractivity contribution in [2.75, 3.05) is 26.4 Å². The second kappa shape index (κ2) is 7.78. The summed E-state index contributed by atoms with van der Waals surface area (Å²) >= 11 is 0. The number of esters is 1. The second-order valence-electron chi connectivity index (χ2n) is 6.68. The van der Waals surface area contributed by atoms with Gasteiger partial charge in [0, 0.05) is 19.2 Å². The van der Waals surface area contributed by atoms with Gasteiger partial charge in [-0.05, 0) is 17.5 Å². The van der Waals surface area contributed by atoms with E-state index in [1.54, 1.807) is 4.90 Å². The molecule has 0 aliphatic carbocycles. The third-order valence-electron chi connectivity index (χ3n) is 4.89. The second-order valence-corrected chi connectivity index (χ2v) is 6.68. The van der Waals surface area contributed by atoms with Crippen molar-refractivity contribution in [1.82, 2.24) is 4.90 Å². The van der Waals surface area contributed by atoms with Gasteiger partial charge in [-0.3, -0.25) is 14.9 Å². The molecule has 9 nitrogen and oxygen atoms in total. The van der Waals surface area contributed by atoms with Gasteiger partial charge in [0.15, 0.2) is 18.1 Å². The zero-order valence-corrected chi connectivity index (χ0v) is 15.5. The first-order chi connectivity index (χ1) is 14.0. The summed E-state index contributed by atoms with van der Waals surface area (Å²) in [7, 11) is 0. The molecule has 2 aliphatic heterocycles. The number of carbonyl (C=O) groups excluding carboxylic acids is 2. The van der Waals surface area contributed by atoms with Crippen LogP contribution in [0.1, 0.15) is 21.5 Å². The molecular formula is C20H18N2O7. The SMILES string of the molecule is O=C(OCC(=O)N1CCc2ccccc2C1)c1cc2c(cc1[N+](=O)[O-])OCCO2. The predicted molar refractivity (Wildman–Crippen MR) is 99.9 cm³/mol. The summed E-state index contributed by atoms with van der Waals surface area (Å²) in [5, 5.41) is 11.3. The molecule has 150 valence electrons. The Morgan fingerprint density at radius 3 is 2.52 bits per heavy atom. The summed E-state index contributed by atoms with van der Waals surface area (Å²) in [6.07, 6.45) is 0.726. The van der Waals surface area contributed by atoms with E-state index in [1.165, 1.54) is 11.6 Å². The lowest BCUT2D eigenvalue weighted by Gasteiger charge is -2.28. The maximum atomic E-state index is 12.5. The molecule has 0 atom stereocenters. The van der Waals surface area contributed by atoms with E-state index in [4.69, 9.17) is 14.2 Å². The highest BCUT2D eigenvalue weighted by Gasteiger charge is 2.28. The minimum Gasteiger partial charge on any atom is -0.486 e. The van der Waals surface area contributed by atoms with E-state index < -0.39 is 23.2 Å². The minimum atomic E-state index is -0.959. The highest BCUT2D eigenvalue weighted by atomic mass is 16.6. The zero-order valence-electron chi connectivity index (χ0n) is 15.5. The van der Waals surface area contributed by atoms with E-state index in [0.717, 1.165) is 18.1 Å². The molecule has 4 rings (SSSR count). The average molecular weight is 398 g/mol. The van der Waals surface area contributed by atoms with Crippen LogP contribution < -0.4 is 9.47 Å². The molecule has 2 aromatic rings. The quantitative estimate of drug-likeness (QED) is 0.441. The Balaban J connectivity index is 1.45. The Labute approximate surface area is 165 Å². The fourth-order valence-corrected chi connectivity index (χ4v) is 3.40. The smallest absolute Gasteiger partial charge is 0.345 e. The van der Waals surface area contributed by atoms with E-state index in [1.807, 2.05) is 24.3 Å². The molecule has 0 fully saturated rings. The van der Waals surface area contributed by atoms with Crippen LogP contribution in [0.2, 0.25) is 0 Å². The van der Waals surface area contributed by atoms with E-state index in [9.17, 15) is 19.7 Å². The van der Waals surface area contributed by atoms with Crippen LogP contribution in [0.3, 0.4) is 0 Å². The largest absolute Gasteiger partial charge is 0.486 e. The monoisotopic (exact) mass is 398 g/mol. The molecule has 0 saturated heterocycles. The number of carbonyl (C=O) groups is 2. The van der Waals surface area contributed by atoms with Gasteiger partial charge >= 0.3 is 5.97 Å². The molecule has 0 saturated carbocycles. The van der Waals surface area contributed by atoms with E-state index in [-0.39, 0.29) is 36.2 Å². The summed E-state index contributed by atoms with van der Waals surface area (Å²) in [4.78, 5) is 37.2. The van der Waals surface area contributed by atoms with Crippen molar-refractivity contribution in [2.45, 2.75) is 13.0 Å². The normalized spacial score (nSPS) is 14.7. The summed E-state index contributed by atoms with van der Waals surface area (Å²) in [5.74, 6) is -0.886. The van der Waals surface area contributed by atoms with Crippen molar-refractivity contribution in [1.29, 1.82) is 0 Å². The Hall–Kier alpha value is -3.62. The molecule has 0 bridgehead atoms. The first-order valence-electron chi connectivity index (χ1n) is 9.12. The zero-order chi connectivity index (χ0) is 20.4. The van der Waals surface area contributed by atoms with E-state index >= 15 is 0 Å². The number of nitro benzene ring substituents is 1. The van der Waals surface area contributed by atoms with Crippen molar-refractivity contribution in [3.63, 3.8) is 0 Å². The van der Waals surface area contributed by atoms with Crippen molar-refractivity contribution in [3.8, 4) is 11.5 Å². The Morgan fingerprint density at radius 1 is 1.10 bits per heavy atom. The molecule has 0 radical (unpaired) electrons. The number of amides is 1. The molecule has 2 aliphatic rings. The lowest BCUT2D eigenvalue weighted by atomic mass is 10.00. The van der Waals surface area contributed by atoms with Crippen molar-refractivity contribution in [3.05, 3.63) is 63.2 Å². The summed E-state index contributed by atoms with van der Waals surface area (Å²) in [5.41, 5.74) is 1.51. The fourth-order valence-electron chi connectivity index (χ4n) is 3.40. The lowest BCUT2D eigenvalue weighted by molar-refractivity contribution is -0.385. The number of nitrogens with zero attached hydrogens (tertiary/aromatic N) is 2. The molecule has 0 spiro atoms. The van der Waals surface area contributed by atoms with Gasteiger partial charge in [0.1, 0.15) is 18.8 Å². The third-order valence-corrected chi connectivity index (χ3v) is 4.89. The van der Waals surface area contributed by atoms with Crippen LogP contribution in [-0.4, -0.2) is 48.1 Å². The van der Waals surface area contributed by atoms with Crippen LogP contribution in [0.15, 0.2) is 36.4 Å². The molecule has 9 heteroatoms. The maximum Gasteiger partial charge on any atom is 0.345 e. The highest BCUT2D eigenvalue weighted by Crippen LogP contribution is 2.36. The lowest BCUT2D eigenvalue weighted by Crippen LogP contribution is -2.38. The van der Waals surface area contributed by atoms with Gasteiger partial charge in [0.05, 0.1) is 11.0 Å². The van der Waals surface area contributed by atoms with Crippen molar-refractivity contribution < 1.29 is 28.7 Å². The molecule has 2 heterocycles. The summed E-state index contributed by atoms with van der Waals surface area (Å²) < 4.78 is 15.8. The highest BCUT2D eigenvalue weighted by molar-refractivity contribution is 5.96. The van der Waals surface area contributed by atoms with Crippen LogP contribution >= 0.6 is 0 Å². The van der Waals surface area contributed by atoms with Crippen LogP contribution in [0.5, 0.6) is 11.5 Å². The molecule has 0 N–H and O–H groups in total. The topological polar surface area (TPSA) is 108 Å². The molecule has 0 unspecified atom stereocenters. The van der Waals surface area contributed by atoms with Gasteiger partial charge in [-0.25, -0.2) is 4.79 Å². The number of nitro groups is 1. The Morgan fingerprint density at radius 2 is 1.79 bits per heavy atom.